The average Bonchev–Trinajstić information content (AvgIpc) is 3.90. The number of hydrogen-bond donors (Lipinski definition) is 4. The van der Waals surface area contributed by atoms with E-state index in [0.29, 0.717) is 25.7 Å². The summed E-state index contributed by atoms with van der Waals surface area (Å²) < 4.78 is 31.7. The van der Waals surface area contributed by atoms with E-state index in [2.05, 4.69) is 34.4 Å². The third kappa shape index (κ3) is 7.63. The van der Waals surface area contributed by atoms with E-state index in [0.717, 1.165) is 37.7 Å². The van der Waals surface area contributed by atoms with E-state index in [-0.39, 0.29) is 43.2 Å². The molecule has 5 rings (SSSR count). The van der Waals surface area contributed by atoms with Crippen molar-refractivity contribution in [1.82, 2.24) is 26.2 Å². The van der Waals surface area contributed by atoms with Gasteiger partial charge in [-0.1, -0.05) is 78.0 Å². The van der Waals surface area contributed by atoms with Gasteiger partial charge in [-0.15, -0.1) is 6.58 Å². The Bertz CT molecular complexity index is 1550. The number of ketones is 1. The largest absolute Gasteiger partial charge is 0.359 e. The van der Waals surface area contributed by atoms with Crippen LogP contribution in [-0.2, 0) is 33.8 Å². The summed E-state index contributed by atoms with van der Waals surface area (Å²) in [5.41, 5.74) is -2.56. The number of carbonyl (C=O) groups is 5. The quantitative estimate of drug-likeness (QED) is 0.147. The van der Waals surface area contributed by atoms with Gasteiger partial charge in [0.15, 0.2) is 15.3 Å². The molecule has 284 valence electrons. The molecule has 7 atom stereocenters. The van der Waals surface area contributed by atoms with Crippen molar-refractivity contribution in [3.63, 3.8) is 0 Å². The molecule has 0 bridgehead atoms. The number of carbonyl (C=O) groups excluding carboxylic acids is 5. The summed E-state index contributed by atoms with van der Waals surface area (Å²) in [5, 5.41) is 11.3. The van der Waals surface area contributed by atoms with E-state index in [1.807, 2.05) is 34.6 Å². The van der Waals surface area contributed by atoms with Crippen molar-refractivity contribution in [3.8, 4) is 0 Å². The molecule has 51 heavy (non-hydrogen) atoms. The SMILES string of the molecule is C=CCNC(=O)C(=O)[C@H](CC1CC1)NC(=O)[C@@H]1[C@@H]2[C@H](CN1C(=O)[C@@H](NC(=O)NC1(C3OCCS3(=O)=O)CCCCC1)C(C)(C)CC)C2(C)C(=C)C. The second-order valence-electron chi connectivity index (χ2n) is 16.4. The van der Waals surface area contributed by atoms with E-state index in [4.69, 9.17) is 4.74 Å². The van der Waals surface area contributed by atoms with Crippen molar-refractivity contribution < 1.29 is 37.1 Å². The Morgan fingerprint density at radius 1 is 1.08 bits per heavy atom. The number of piperidine rings is 1. The van der Waals surface area contributed by atoms with Crippen LogP contribution < -0.4 is 21.3 Å². The Labute approximate surface area is 302 Å². The zero-order valence-electron chi connectivity index (χ0n) is 30.8. The van der Waals surface area contributed by atoms with E-state index < -0.39 is 79.3 Å². The number of Topliss-reactive ketones (excluding diaryl/α,β-unsaturated/α-hetero) is 1. The number of hydrogen-bond acceptors (Lipinski definition) is 8. The number of fused-ring (bicyclic) bond motifs is 1. The van der Waals surface area contributed by atoms with Crippen LogP contribution in [0.1, 0.15) is 92.4 Å². The molecule has 3 aliphatic carbocycles. The lowest BCUT2D eigenvalue weighted by atomic mass is 9.80. The molecule has 0 aromatic heterocycles. The predicted molar refractivity (Wildman–Crippen MR) is 192 cm³/mol. The fourth-order valence-corrected chi connectivity index (χ4v) is 10.5. The minimum atomic E-state index is -3.59. The van der Waals surface area contributed by atoms with Crippen molar-refractivity contribution in [2.45, 2.75) is 122 Å². The molecule has 13 nitrogen and oxygen atoms in total. The summed E-state index contributed by atoms with van der Waals surface area (Å²) in [6, 6.07) is -3.74. The van der Waals surface area contributed by atoms with Crippen LogP contribution in [0, 0.1) is 28.6 Å². The Hall–Kier alpha value is -3.26. The Kier molecular flexibility index (Phi) is 11.2. The van der Waals surface area contributed by atoms with Crippen LogP contribution in [-0.4, -0.2) is 97.4 Å². The maximum Gasteiger partial charge on any atom is 0.316 e. The molecule has 5 aliphatic rings. The molecule has 3 saturated carbocycles. The minimum absolute atomic E-state index is 0.0578. The number of likely N-dealkylation sites (tertiary alicyclic amines) is 1. The van der Waals surface area contributed by atoms with Gasteiger partial charge >= 0.3 is 6.03 Å². The van der Waals surface area contributed by atoms with Gasteiger partial charge in [-0.05, 0) is 55.3 Å². The summed E-state index contributed by atoms with van der Waals surface area (Å²) in [7, 11) is -3.59. The van der Waals surface area contributed by atoms with Gasteiger partial charge in [0.1, 0.15) is 12.1 Å². The van der Waals surface area contributed by atoms with Crippen molar-refractivity contribution in [3.05, 3.63) is 24.8 Å². The second-order valence-corrected chi connectivity index (χ2v) is 18.6. The van der Waals surface area contributed by atoms with Crippen LogP contribution in [0.2, 0.25) is 0 Å². The molecule has 0 aromatic rings. The molecule has 0 spiro atoms. The highest BCUT2D eigenvalue weighted by molar-refractivity contribution is 7.92. The summed E-state index contributed by atoms with van der Waals surface area (Å²) in [6.07, 6.45) is 7.35. The lowest BCUT2D eigenvalue weighted by Gasteiger charge is -2.43. The number of allylic oxidation sites excluding steroid dienone is 1. The molecule has 2 saturated heterocycles. The normalized spacial score (nSPS) is 30.3. The number of nitrogens with zero attached hydrogens (tertiary/aromatic N) is 1. The monoisotopic (exact) mass is 731 g/mol. The van der Waals surface area contributed by atoms with Crippen LogP contribution in [0.5, 0.6) is 0 Å². The minimum Gasteiger partial charge on any atom is -0.359 e. The molecule has 2 unspecified atom stereocenters. The number of urea groups is 1. The van der Waals surface area contributed by atoms with Crippen LogP contribution in [0.4, 0.5) is 4.79 Å². The number of nitrogens with one attached hydrogen (secondary N) is 4. The van der Waals surface area contributed by atoms with Crippen LogP contribution in [0.15, 0.2) is 24.8 Å². The molecular formula is C37H57N5O8S. The lowest BCUT2D eigenvalue weighted by molar-refractivity contribution is -0.145. The third-order valence-electron chi connectivity index (χ3n) is 12.6. The maximum absolute atomic E-state index is 14.7. The summed E-state index contributed by atoms with van der Waals surface area (Å²) >= 11 is 0. The molecule has 14 heteroatoms. The van der Waals surface area contributed by atoms with Gasteiger partial charge in [-0.2, -0.15) is 0 Å². The first-order valence-electron chi connectivity index (χ1n) is 18.5. The molecule has 5 amide bonds. The second kappa shape index (κ2) is 14.6. The first kappa shape index (κ1) is 39.0. The summed E-state index contributed by atoms with van der Waals surface area (Å²) in [6.45, 7) is 17.8. The molecule has 5 fully saturated rings. The fourth-order valence-electron chi connectivity index (χ4n) is 8.67. The molecule has 4 N–H and O–H groups in total. The van der Waals surface area contributed by atoms with Crippen LogP contribution in [0.3, 0.4) is 0 Å². The maximum atomic E-state index is 14.7. The van der Waals surface area contributed by atoms with Crippen molar-refractivity contribution >= 4 is 39.4 Å². The summed E-state index contributed by atoms with van der Waals surface area (Å²) in [5.74, 6) is -2.71. The summed E-state index contributed by atoms with van der Waals surface area (Å²) in [4.78, 5) is 70.5. The van der Waals surface area contributed by atoms with E-state index in [9.17, 15) is 32.4 Å². The highest BCUT2D eigenvalue weighted by Gasteiger charge is 2.72. The highest BCUT2D eigenvalue weighted by atomic mass is 32.2. The first-order valence-corrected chi connectivity index (χ1v) is 20.3. The van der Waals surface area contributed by atoms with Gasteiger partial charge in [-0.3, -0.25) is 19.2 Å². The number of sulfone groups is 1. The lowest BCUT2D eigenvalue weighted by Crippen LogP contribution is -2.65. The molecule has 2 heterocycles. The molecule has 2 aliphatic heterocycles. The van der Waals surface area contributed by atoms with Crippen LogP contribution >= 0.6 is 0 Å². The Morgan fingerprint density at radius 2 is 1.75 bits per heavy atom. The molecule has 0 aromatic carbocycles. The fraction of sp³-hybridized carbons (Fsp3) is 0.757. The first-order chi connectivity index (χ1) is 23.9. The number of ether oxygens (including phenoxy) is 1. The van der Waals surface area contributed by atoms with Gasteiger partial charge in [0.25, 0.3) is 5.91 Å². The van der Waals surface area contributed by atoms with Gasteiger partial charge in [0.2, 0.25) is 17.6 Å². The van der Waals surface area contributed by atoms with Gasteiger partial charge in [0, 0.05) is 19.0 Å². The van der Waals surface area contributed by atoms with Gasteiger partial charge in [0.05, 0.1) is 23.9 Å². The van der Waals surface area contributed by atoms with Crippen molar-refractivity contribution in [2.75, 3.05) is 25.4 Å². The number of rotatable bonds is 15. The topological polar surface area (TPSA) is 180 Å². The van der Waals surface area contributed by atoms with Gasteiger partial charge in [-0.25, -0.2) is 13.2 Å². The van der Waals surface area contributed by atoms with E-state index in [1.54, 1.807) is 0 Å². The van der Waals surface area contributed by atoms with Crippen molar-refractivity contribution in [2.24, 2.45) is 28.6 Å². The van der Waals surface area contributed by atoms with Crippen LogP contribution in [0.25, 0.3) is 0 Å². The molecule has 0 radical (unpaired) electrons. The molecular weight excluding hydrogens is 675 g/mol. The zero-order valence-corrected chi connectivity index (χ0v) is 31.7. The van der Waals surface area contributed by atoms with Gasteiger partial charge < -0.3 is 30.9 Å². The zero-order chi connectivity index (χ0) is 37.5. The Balaban J connectivity index is 1.40. The predicted octanol–water partition coefficient (Wildman–Crippen LogP) is 2.76. The Morgan fingerprint density at radius 3 is 2.29 bits per heavy atom. The van der Waals surface area contributed by atoms with Crippen molar-refractivity contribution in [1.29, 1.82) is 0 Å². The highest BCUT2D eigenvalue weighted by Crippen LogP contribution is 2.68. The average molecular weight is 732 g/mol. The number of amides is 5. The smallest absolute Gasteiger partial charge is 0.316 e. The standard InChI is InChI=1S/C37H57N5O8S/c1-8-17-38-31(45)28(43)25(20-23-13-14-23)39-30(44)27-26-24(36(26,7)22(3)4)21-42(27)32(46)29(35(5,6)9-2)40-34(47)41-37(15-11-10-12-16-37)33-50-18-19-51(33,48)49/h8,23-27,29,33H,1,3,9-21H2,2,4-7H3,(H,38,45)(H,39,44)(H2,40,41,47)/t24-,25-,26-,27-,29+,33?,36?/m0/s1. The van der Waals surface area contributed by atoms with E-state index >= 15 is 0 Å². The third-order valence-corrected chi connectivity index (χ3v) is 14.6. The van der Waals surface area contributed by atoms with E-state index in [1.165, 1.54) is 11.0 Å².